The molecular weight excluding hydrogens is 260 g/mol. The Morgan fingerprint density at radius 2 is 2.10 bits per heavy atom. The van der Waals surface area contributed by atoms with E-state index in [0.29, 0.717) is 12.0 Å². The summed E-state index contributed by atoms with van der Waals surface area (Å²) in [7, 11) is 1.81. The molecule has 3 heteroatoms. The average Bonchev–Trinajstić information content (AvgIpc) is 2.68. The molecule has 0 bridgehead atoms. The van der Waals surface area contributed by atoms with Crippen molar-refractivity contribution >= 4 is 0 Å². The lowest BCUT2D eigenvalue weighted by molar-refractivity contribution is 0.0579. The number of nitrogens with zero attached hydrogens (tertiary/aromatic N) is 1. The van der Waals surface area contributed by atoms with Crippen LogP contribution in [0.3, 0.4) is 0 Å². The first-order valence-electron chi connectivity index (χ1n) is 8.36. The van der Waals surface area contributed by atoms with E-state index in [1.165, 1.54) is 49.8 Å². The van der Waals surface area contributed by atoms with Crippen LogP contribution in [0.2, 0.25) is 0 Å². The van der Waals surface area contributed by atoms with Crippen molar-refractivity contribution in [2.24, 2.45) is 11.7 Å². The third-order valence-electron chi connectivity index (χ3n) is 5.20. The second-order valence-electron chi connectivity index (χ2n) is 6.64. The van der Waals surface area contributed by atoms with Crippen molar-refractivity contribution in [2.75, 3.05) is 26.8 Å². The van der Waals surface area contributed by atoms with Crippen LogP contribution < -0.4 is 5.73 Å². The zero-order valence-electron chi connectivity index (χ0n) is 13.1. The summed E-state index contributed by atoms with van der Waals surface area (Å²) in [5.74, 6) is 0.675. The van der Waals surface area contributed by atoms with E-state index < -0.39 is 0 Å². The van der Waals surface area contributed by atoms with E-state index in [1.54, 1.807) is 0 Å². The molecule has 1 aliphatic heterocycles. The molecule has 0 amide bonds. The summed E-state index contributed by atoms with van der Waals surface area (Å²) in [6.45, 7) is 3.23. The maximum Gasteiger partial charge on any atom is 0.0502 e. The summed E-state index contributed by atoms with van der Waals surface area (Å²) in [6.07, 6.45) is 6.22. The van der Waals surface area contributed by atoms with Gasteiger partial charge in [0.15, 0.2) is 0 Å². The summed E-state index contributed by atoms with van der Waals surface area (Å²) in [4.78, 5) is 2.64. The normalized spacial score (nSPS) is 30.7. The average molecular weight is 288 g/mol. The number of rotatable bonds is 3. The van der Waals surface area contributed by atoms with Crippen LogP contribution in [0.4, 0.5) is 0 Å². The third-order valence-corrected chi connectivity index (χ3v) is 5.20. The van der Waals surface area contributed by atoms with E-state index in [4.69, 9.17) is 10.5 Å². The summed E-state index contributed by atoms with van der Waals surface area (Å²) in [6, 6.07) is 9.40. The Kier molecular flexibility index (Phi) is 4.94. The van der Waals surface area contributed by atoms with Crippen molar-refractivity contribution in [1.29, 1.82) is 0 Å². The third kappa shape index (κ3) is 3.31. The highest BCUT2D eigenvalue weighted by atomic mass is 16.5. The second-order valence-corrected chi connectivity index (χ2v) is 6.64. The largest absolute Gasteiger partial charge is 0.384 e. The van der Waals surface area contributed by atoms with Crippen LogP contribution in [0, 0.1) is 5.92 Å². The van der Waals surface area contributed by atoms with E-state index in [0.717, 1.165) is 13.2 Å². The van der Waals surface area contributed by atoms with Gasteiger partial charge in [0.05, 0.1) is 6.61 Å². The van der Waals surface area contributed by atoms with Gasteiger partial charge in [0, 0.05) is 25.7 Å². The molecule has 3 unspecified atom stereocenters. The van der Waals surface area contributed by atoms with E-state index >= 15 is 0 Å². The highest BCUT2D eigenvalue weighted by Gasteiger charge is 2.32. The van der Waals surface area contributed by atoms with Crippen molar-refractivity contribution in [3.8, 4) is 0 Å². The molecule has 0 radical (unpaired) electrons. The lowest BCUT2D eigenvalue weighted by Crippen LogP contribution is -2.48. The van der Waals surface area contributed by atoms with Crippen LogP contribution in [0.25, 0.3) is 0 Å². The van der Waals surface area contributed by atoms with Crippen molar-refractivity contribution in [3.63, 3.8) is 0 Å². The van der Waals surface area contributed by atoms with Crippen molar-refractivity contribution in [3.05, 3.63) is 35.4 Å². The zero-order chi connectivity index (χ0) is 14.7. The minimum Gasteiger partial charge on any atom is -0.384 e. The summed E-state index contributed by atoms with van der Waals surface area (Å²) in [5.41, 5.74) is 9.49. The Bertz CT molecular complexity index is 460. The highest BCUT2D eigenvalue weighted by molar-refractivity contribution is 5.32. The maximum absolute atomic E-state index is 6.67. The standard InChI is InChI=1S/C18H28N2O/c1-21-13-14-6-5-11-20(12-14)17-10-4-8-15-7-2-3-9-16(15)18(17)19/h2-3,7,9,14,17-18H,4-6,8,10-13,19H2,1H3. The van der Waals surface area contributed by atoms with Gasteiger partial charge in [-0.1, -0.05) is 24.3 Å². The van der Waals surface area contributed by atoms with Crippen LogP contribution in [0.15, 0.2) is 24.3 Å². The first-order chi connectivity index (χ1) is 10.3. The van der Waals surface area contributed by atoms with Gasteiger partial charge in [0.25, 0.3) is 0 Å². The maximum atomic E-state index is 6.67. The van der Waals surface area contributed by atoms with E-state index in [-0.39, 0.29) is 6.04 Å². The fourth-order valence-corrected chi connectivity index (χ4v) is 4.16. The number of methoxy groups -OCH3 is 1. The Hall–Kier alpha value is -0.900. The quantitative estimate of drug-likeness (QED) is 0.869. The molecule has 116 valence electrons. The number of fused-ring (bicyclic) bond motifs is 1. The first kappa shape index (κ1) is 15.0. The van der Waals surface area contributed by atoms with Gasteiger partial charge in [0.2, 0.25) is 0 Å². The lowest BCUT2D eigenvalue weighted by Gasteiger charge is -2.40. The van der Waals surface area contributed by atoms with Crippen molar-refractivity contribution < 1.29 is 4.74 Å². The molecule has 3 atom stereocenters. The fourth-order valence-electron chi connectivity index (χ4n) is 4.16. The topological polar surface area (TPSA) is 38.5 Å². The van der Waals surface area contributed by atoms with Crippen LogP contribution in [-0.2, 0) is 11.2 Å². The number of nitrogens with two attached hydrogens (primary N) is 1. The number of benzene rings is 1. The minimum absolute atomic E-state index is 0.157. The molecule has 1 aromatic rings. The van der Waals surface area contributed by atoms with Crippen LogP contribution >= 0.6 is 0 Å². The number of aryl methyl sites for hydroxylation is 1. The summed E-state index contributed by atoms with van der Waals surface area (Å²) < 4.78 is 5.37. The Labute approximate surface area is 128 Å². The number of ether oxygens (including phenoxy) is 1. The Morgan fingerprint density at radius 3 is 2.95 bits per heavy atom. The van der Waals surface area contributed by atoms with Crippen LogP contribution in [0.1, 0.15) is 42.9 Å². The number of hydrogen-bond donors (Lipinski definition) is 1. The monoisotopic (exact) mass is 288 g/mol. The zero-order valence-corrected chi connectivity index (χ0v) is 13.1. The Balaban J connectivity index is 1.75. The molecule has 21 heavy (non-hydrogen) atoms. The second kappa shape index (κ2) is 6.91. The molecule has 0 aromatic heterocycles. The molecule has 1 fully saturated rings. The molecule has 1 aromatic carbocycles. The summed E-state index contributed by atoms with van der Waals surface area (Å²) >= 11 is 0. The van der Waals surface area contributed by atoms with Crippen molar-refractivity contribution in [2.45, 2.75) is 44.2 Å². The van der Waals surface area contributed by atoms with Gasteiger partial charge >= 0.3 is 0 Å². The minimum atomic E-state index is 0.157. The van der Waals surface area contributed by atoms with Gasteiger partial charge in [-0.15, -0.1) is 0 Å². The summed E-state index contributed by atoms with van der Waals surface area (Å²) in [5, 5.41) is 0. The van der Waals surface area contributed by atoms with Crippen LogP contribution in [0.5, 0.6) is 0 Å². The molecule has 1 aliphatic carbocycles. The van der Waals surface area contributed by atoms with E-state index in [2.05, 4.69) is 29.2 Å². The highest BCUT2D eigenvalue weighted by Crippen LogP contribution is 2.32. The van der Waals surface area contributed by atoms with Gasteiger partial charge in [0.1, 0.15) is 0 Å². The predicted octanol–water partition coefficient (Wildman–Crippen LogP) is 2.75. The Morgan fingerprint density at radius 1 is 1.24 bits per heavy atom. The molecule has 3 nitrogen and oxygen atoms in total. The SMILES string of the molecule is COCC1CCCN(C2CCCc3ccccc3C2N)C1. The first-order valence-corrected chi connectivity index (χ1v) is 8.36. The molecule has 2 N–H and O–H groups in total. The molecule has 2 aliphatic rings. The lowest BCUT2D eigenvalue weighted by atomic mass is 9.92. The smallest absolute Gasteiger partial charge is 0.0502 e. The van der Waals surface area contributed by atoms with Gasteiger partial charge in [-0.2, -0.15) is 0 Å². The number of likely N-dealkylation sites (tertiary alicyclic amines) is 1. The van der Waals surface area contributed by atoms with Gasteiger partial charge < -0.3 is 10.5 Å². The number of hydrogen-bond acceptors (Lipinski definition) is 3. The molecular formula is C18H28N2O. The number of piperidine rings is 1. The van der Waals surface area contributed by atoms with Gasteiger partial charge in [-0.05, 0) is 55.7 Å². The van der Waals surface area contributed by atoms with Gasteiger partial charge in [-0.25, -0.2) is 0 Å². The predicted molar refractivity (Wildman–Crippen MR) is 86.3 cm³/mol. The van der Waals surface area contributed by atoms with Crippen LogP contribution in [-0.4, -0.2) is 37.7 Å². The van der Waals surface area contributed by atoms with Gasteiger partial charge in [-0.3, -0.25) is 4.90 Å². The molecule has 1 heterocycles. The van der Waals surface area contributed by atoms with E-state index in [9.17, 15) is 0 Å². The molecule has 0 saturated carbocycles. The molecule has 1 saturated heterocycles. The van der Waals surface area contributed by atoms with E-state index in [1.807, 2.05) is 7.11 Å². The molecule has 0 spiro atoms. The molecule has 3 rings (SSSR count). The fraction of sp³-hybridized carbons (Fsp3) is 0.667. The van der Waals surface area contributed by atoms with Crippen molar-refractivity contribution in [1.82, 2.24) is 4.90 Å².